The van der Waals surface area contributed by atoms with E-state index in [1.54, 1.807) is 12.1 Å². The van der Waals surface area contributed by atoms with E-state index < -0.39 is 0 Å². The topological polar surface area (TPSA) is 36.1 Å². The summed E-state index contributed by atoms with van der Waals surface area (Å²) in [5.74, 6) is 0. The zero-order valence-corrected chi connectivity index (χ0v) is 11.6. The van der Waals surface area contributed by atoms with Gasteiger partial charge < -0.3 is 5.32 Å². The maximum Gasteiger partial charge on any atom is 0.185 e. The lowest BCUT2D eigenvalue weighted by Gasteiger charge is -2.13. The van der Waals surface area contributed by atoms with Crippen molar-refractivity contribution in [2.24, 2.45) is 0 Å². The summed E-state index contributed by atoms with van der Waals surface area (Å²) in [6.07, 6.45) is 0. The molecule has 0 aliphatic heterocycles. The molecule has 3 nitrogen and oxygen atoms in total. The van der Waals surface area contributed by atoms with Crippen LogP contribution in [0, 0.1) is 0 Å². The van der Waals surface area contributed by atoms with Gasteiger partial charge in [-0.25, -0.2) is 0 Å². The monoisotopic (exact) mass is 289 g/mol. The highest BCUT2D eigenvalue weighted by Gasteiger charge is 2.03. The quantitative estimate of drug-likeness (QED) is 0.588. The van der Waals surface area contributed by atoms with Gasteiger partial charge in [-0.3, -0.25) is 10.9 Å². The van der Waals surface area contributed by atoms with Crippen LogP contribution in [0.2, 0.25) is 10.0 Å². The molecule has 0 amide bonds. The van der Waals surface area contributed by atoms with Gasteiger partial charge in [0.1, 0.15) is 0 Å². The van der Waals surface area contributed by atoms with E-state index in [0.717, 1.165) is 12.1 Å². The van der Waals surface area contributed by atoms with Crippen molar-refractivity contribution in [3.05, 3.63) is 40.4 Å². The summed E-state index contributed by atoms with van der Waals surface area (Å²) in [4.78, 5) is 0. The fourth-order valence-electron chi connectivity index (χ4n) is 1.09. The van der Waals surface area contributed by atoms with Crippen LogP contribution in [0.25, 0.3) is 5.70 Å². The summed E-state index contributed by atoms with van der Waals surface area (Å²) in [5, 5.41) is 4.45. The molecule has 17 heavy (non-hydrogen) atoms. The molecule has 1 rings (SSSR count). The summed E-state index contributed by atoms with van der Waals surface area (Å²) < 4.78 is 0. The van der Waals surface area contributed by atoms with Crippen molar-refractivity contribution < 1.29 is 0 Å². The summed E-state index contributed by atoms with van der Waals surface area (Å²) >= 11 is 16.7. The predicted octanol–water partition coefficient (Wildman–Crippen LogP) is 2.95. The van der Waals surface area contributed by atoms with E-state index in [1.807, 2.05) is 13.0 Å². The minimum absolute atomic E-state index is 0.487. The van der Waals surface area contributed by atoms with Crippen molar-refractivity contribution in [3.8, 4) is 0 Å². The first kappa shape index (κ1) is 14.1. The van der Waals surface area contributed by atoms with Crippen molar-refractivity contribution in [1.29, 1.82) is 0 Å². The molecule has 0 saturated heterocycles. The average molecular weight is 290 g/mol. The van der Waals surface area contributed by atoms with Crippen molar-refractivity contribution >= 4 is 46.2 Å². The average Bonchev–Trinajstić information content (AvgIpc) is 2.30. The Labute approximate surface area is 116 Å². The fourth-order valence-corrected chi connectivity index (χ4v) is 1.59. The maximum atomic E-state index is 5.91. The molecule has 0 aliphatic rings. The van der Waals surface area contributed by atoms with Crippen LogP contribution in [0.5, 0.6) is 0 Å². The molecule has 0 bridgehead atoms. The third kappa shape index (κ3) is 4.42. The maximum absolute atomic E-state index is 5.91. The molecule has 0 aliphatic carbocycles. The number of benzene rings is 1. The van der Waals surface area contributed by atoms with Crippen molar-refractivity contribution in [2.75, 3.05) is 6.54 Å². The highest BCUT2D eigenvalue weighted by Crippen LogP contribution is 2.24. The normalized spacial score (nSPS) is 9.59. The van der Waals surface area contributed by atoms with Gasteiger partial charge in [0, 0.05) is 12.1 Å². The van der Waals surface area contributed by atoms with E-state index >= 15 is 0 Å². The lowest BCUT2D eigenvalue weighted by Crippen LogP contribution is -2.42. The van der Waals surface area contributed by atoms with E-state index in [9.17, 15) is 0 Å². The zero-order chi connectivity index (χ0) is 12.8. The SMILES string of the molecule is C=C(NNC(=S)NCC)c1ccc(Cl)c(Cl)c1. The van der Waals surface area contributed by atoms with Gasteiger partial charge in [-0.05, 0) is 31.3 Å². The number of halogens is 2. The van der Waals surface area contributed by atoms with Crippen molar-refractivity contribution in [1.82, 2.24) is 16.2 Å². The van der Waals surface area contributed by atoms with Crippen molar-refractivity contribution in [3.63, 3.8) is 0 Å². The Morgan fingerprint density at radius 1 is 1.29 bits per heavy atom. The zero-order valence-electron chi connectivity index (χ0n) is 9.31. The molecule has 0 fully saturated rings. The fraction of sp³-hybridized carbons (Fsp3) is 0.182. The Morgan fingerprint density at radius 3 is 2.59 bits per heavy atom. The van der Waals surface area contributed by atoms with E-state index in [2.05, 4.69) is 22.7 Å². The van der Waals surface area contributed by atoms with Gasteiger partial charge in [0.2, 0.25) is 0 Å². The van der Waals surface area contributed by atoms with Crippen LogP contribution in [0.4, 0.5) is 0 Å². The summed E-state index contributed by atoms with van der Waals surface area (Å²) in [5.41, 5.74) is 7.19. The second kappa shape index (κ2) is 6.69. The minimum atomic E-state index is 0.487. The molecule has 3 N–H and O–H groups in total. The predicted molar refractivity (Wildman–Crippen MR) is 78.0 cm³/mol. The Bertz CT molecular complexity index is 435. The van der Waals surface area contributed by atoms with E-state index in [4.69, 9.17) is 35.4 Å². The smallest absolute Gasteiger partial charge is 0.185 e. The second-order valence-electron chi connectivity index (χ2n) is 3.22. The molecule has 6 heteroatoms. The lowest BCUT2D eigenvalue weighted by atomic mass is 10.2. The van der Waals surface area contributed by atoms with Gasteiger partial charge in [-0.1, -0.05) is 35.8 Å². The Balaban J connectivity index is 2.58. The Kier molecular flexibility index (Phi) is 5.55. The first-order valence-electron chi connectivity index (χ1n) is 4.98. The molecule has 0 atom stereocenters. The first-order chi connectivity index (χ1) is 8.04. The van der Waals surface area contributed by atoms with Crippen LogP contribution in [-0.2, 0) is 0 Å². The number of nitrogens with one attached hydrogen (secondary N) is 3. The summed E-state index contributed by atoms with van der Waals surface area (Å²) in [6, 6.07) is 5.27. The molecule has 0 unspecified atom stereocenters. The standard InChI is InChI=1S/C11H13Cl2N3S/c1-3-14-11(17)16-15-7(2)8-4-5-9(12)10(13)6-8/h4-6,15H,2-3H2,1H3,(H2,14,16,17). The van der Waals surface area contributed by atoms with Crippen LogP contribution >= 0.6 is 35.4 Å². The van der Waals surface area contributed by atoms with Gasteiger partial charge in [-0.2, -0.15) is 0 Å². The van der Waals surface area contributed by atoms with Crippen LogP contribution in [0.15, 0.2) is 24.8 Å². The molecule has 0 saturated carbocycles. The van der Waals surface area contributed by atoms with Gasteiger partial charge in [-0.15, -0.1) is 0 Å². The van der Waals surface area contributed by atoms with Crippen LogP contribution in [0.1, 0.15) is 12.5 Å². The van der Waals surface area contributed by atoms with E-state index in [0.29, 0.717) is 20.9 Å². The molecule has 0 spiro atoms. The molecule has 92 valence electrons. The molecule has 1 aromatic rings. The third-order valence-electron chi connectivity index (χ3n) is 1.93. The molecule has 0 heterocycles. The van der Waals surface area contributed by atoms with Crippen LogP contribution < -0.4 is 16.2 Å². The summed E-state index contributed by atoms with van der Waals surface area (Å²) in [6.45, 7) is 6.58. The molecule has 0 radical (unpaired) electrons. The highest BCUT2D eigenvalue weighted by atomic mass is 35.5. The van der Waals surface area contributed by atoms with Gasteiger partial charge in [0.25, 0.3) is 0 Å². The molecule has 0 aromatic heterocycles. The first-order valence-corrected chi connectivity index (χ1v) is 6.15. The number of hydrazine groups is 1. The third-order valence-corrected chi connectivity index (χ3v) is 2.92. The van der Waals surface area contributed by atoms with Gasteiger partial charge >= 0.3 is 0 Å². The van der Waals surface area contributed by atoms with Crippen LogP contribution in [0.3, 0.4) is 0 Å². The number of thiocarbonyl (C=S) groups is 1. The van der Waals surface area contributed by atoms with Crippen molar-refractivity contribution in [2.45, 2.75) is 6.92 Å². The minimum Gasteiger partial charge on any atom is -0.362 e. The largest absolute Gasteiger partial charge is 0.362 e. The second-order valence-corrected chi connectivity index (χ2v) is 4.44. The van der Waals surface area contributed by atoms with Gasteiger partial charge in [0.15, 0.2) is 5.11 Å². The van der Waals surface area contributed by atoms with Gasteiger partial charge in [0.05, 0.1) is 15.7 Å². The highest BCUT2D eigenvalue weighted by molar-refractivity contribution is 7.80. The van der Waals surface area contributed by atoms with E-state index in [-0.39, 0.29) is 0 Å². The summed E-state index contributed by atoms with van der Waals surface area (Å²) in [7, 11) is 0. The molecular weight excluding hydrogens is 277 g/mol. The van der Waals surface area contributed by atoms with Crippen LogP contribution in [-0.4, -0.2) is 11.7 Å². The molecular formula is C11H13Cl2N3S. The Morgan fingerprint density at radius 2 is 2.00 bits per heavy atom. The van der Waals surface area contributed by atoms with E-state index in [1.165, 1.54) is 0 Å². The Hall–Kier alpha value is -0.970. The number of rotatable bonds is 4. The lowest BCUT2D eigenvalue weighted by molar-refractivity contribution is 0.803. The molecule has 1 aromatic carbocycles. The number of hydrogen-bond acceptors (Lipinski definition) is 2. The number of hydrogen-bond donors (Lipinski definition) is 3.